The Labute approximate surface area is 105 Å². The molecule has 7 nitrogen and oxygen atoms in total. The molecular formula is C11H18N2O5. The van der Waals surface area contributed by atoms with Crippen LogP contribution >= 0.6 is 0 Å². The molecule has 0 amide bonds. The first-order valence-corrected chi connectivity index (χ1v) is 5.55. The minimum Gasteiger partial charge on any atom is -0.481 e. The predicted molar refractivity (Wildman–Crippen MR) is 62.5 cm³/mol. The van der Waals surface area contributed by atoms with Gasteiger partial charge in [-0.05, 0) is 13.3 Å². The molecule has 0 aliphatic heterocycles. The molecule has 0 aliphatic carbocycles. The lowest BCUT2D eigenvalue weighted by Crippen LogP contribution is -2.18. The summed E-state index contributed by atoms with van der Waals surface area (Å²) in [6.07, 6.45) is -0.758. The van der Waals surface area contributed by atoms with E-state index in [0.29, 0.717) is 23.6 Å². The fourth-order valence-electron chi connectivity index (χ4n) is 1.74. The molecule has 0 aromatic carbocycles. The zero-order chi connectivity index (χ0) is 13.7. The van der Waals surface area contributed by atoms with Gasteiger partial charge in [-0.2, -0.15) is 5.10 Å². The number of aliphatic carboxylic acids is 1. The molecule has 0 bridgehead atoms. The van der Waals surface area contributed by atoms with Crippen LogP contribution in [-0.2, 0) is 16.6 Å². The van der Waals surface area contributed by atoms with Gasteiger partial charge in [0.2, 0.25) is 5.88 Å². The van der Waals surface area contributed by atoms with Crippen molar-refractivity contribution in [3.63, 3.8) is 0 Å². The van der Waals surface area contributed by atoms with E-state index in [1.807, 2.05) is 0 Å². The Morgan fingerprint density at radius 1 is 1.56 bits per heavy atom. The number of ether oxygens (including phenoxy) is 2. The number of carboxylic acid groups (broad SMARTS) is 1. The van der Waals surface area contributed by atoms with Crippen LogP contribution in [0.5, 0.6) is 5.88 Å². The molecular weight excluding hydrogens is 240 g/mol. The van der Waals surface area contributed by atoms with E-state index in [-0.39, 0.29) is 13.2 Å². The van der Waals surface area contributed by atoms with Gasteiger partial charge in [-0.25, -0.2) is 9.48 Å². The lowest BCUT2D eigenvalue weighted by Gasteiger charge is -2.14. The summed E-state index contributed by atoms with van der Waals surface area (Å²) in [6, 6.07) is 0. The molecule has 18 heavy (non-hydrogen) atoms. The maximum absolute atomic E-state index is 11.2. The minimum atomic E-state index is -1.14. The van der Waals surface area contributed by atoms with E-state index in [2.05, 4.69) is 5.10 Å². The van der Waals surface area contributed by atoms with Crippen LogP contribution in [0.1, 0.15) is 23.8 Å². The maximum Gasteiger partial charge on any atom is 0.337 e. The highest BCUT2D eigenvalue weighted by Crippen LogP contribution is 2.30. The molecule has 1 aromatic heterocycles. The average Bonchev–Trinajstić information content (AvgIpc) is 2.59. The zero-order valence-corrected chi connectivity index (χ0v) is 10.7. The molecule has 0 saturated carbocycles. The van der Waals surface area contributed by atoms with Gasteiger partial charge in [-0.15, -0.1) is 0 Å². The van der Waals surface area contributed by atoms with Gasteiger partial charge in [0.05, 0.1) is 25.0 Å². The molecule has 1 unspecified atom stereocenters. The summed E-state index contributed by atoms with van der Waals surface area (Å²) in [4.78, 5) is 11.2. The van der Waals surface area contributed by atoms with Crippen LogP contribution in [0.2, 0.25) is 0 Å². The molecule has 102 valence electrons. The smallest absolute Gasteiger partial charge is 0.337 e. The van der Waals surface area contributed by atoms with Crippen LogP contribution < -0.4 is 4.74 Å². The third-order valence-electron chi connectivity index (χ3n) is 2.48. The normalized spacial score (nSPS) is 12.4. The third-order valence-corrected chi connectivity index (χ3v) is 2.48. The molecule has 0 radical (unpaired) electrons. The first kappa shape index (κ1) is 14.5. The Kier molecular flexibility index (Phi) is 5.11. The number of methoxy groups -OCH3 is 1. The summed E-state index contributed by atoms with van der Waals surface area (Å²) in [5.74, 6) is -0.744. The summed E-state index contributed by atoms with van der Waals surface area (Å²) in [5, 5.41) is 22.0. The van der Waals surface area contributed by atoms with E-state index in [9.17, 15) is 9.90 Å². The van der Waals surface area contributed by atoms with E-state index in [0.717, 1.165) is 0 Å². The zero-order valence-electron chi connectivity index (χ0n) is 10.7. The first-order valence-electron chi connectivity index (χ1n) is 5.55. The summed E-state index contributed by atoms with van der Waals surface area (Å²) >= 11 is 0. The number of carbonyl (C=O) groups is 1. The second kappa shape index (κ2) is 6.36. The topological polar surface area (TPSA) is 93.8 Å². The Balaban J connectivity index is 3.01. The molecule has 2 N–H and O–H groups in total. The van der Waals surface area contributed by atoms with Crippen LogP contribution in [0, 0.1) is 6.92 Å². The SMILES string of the molecule is COc1c(C(OCCCO)C(=O)O)c(C)nn1C. The highest BCUT2D eigenvalue weighted by Gasteiger charge is 2.29. The number of nitrogens with zero attached hydrogens (tertiary/aromatic N) is 2. The number of aliphatic hydroxyl groups is 1. The van der Waals surface area contributed by atoms with Crippen molar-refractivity contribution < 1.29 is 24.5 Å². The largest absolute Gasteiger partial charge is 0.481 e. The number of aliphatic hydroxyl groups excluding tert-OH is 1. The Morgan fingerprint density at radius 3 is 2.72 bits per heavy atom. The number of carboxylic acids is 1. The van der Waals surface area contributed by atoms with Gasteiger partial charge in [0, 0.05) is 13.7 Å². The quantitative estimate of drug-likeness (QED) is 0.681. The van der Waals surface area contributed by atoms with E-state index in [1.54, 1.807) is 14.0 Å². The van der Waals surface area contributed by atoms with Crippen molar-refractivity contribution in [3.05, 3.63) is 11.3 Å². The van der Waals surface area contributed by atoms with Crippen molar-refractivity contribution in [2.24, 2.45) is 7.05 Å². The second-order valence-electron chi connectivity index (χ2n) is 3.80. The first-order chi connectivity index (χ1) is 8.52. The van der Waals surface area contributed by atoms with Gasteiger partial charge in [-0.1, -0.05) is 0 Å². The molecule has 0 aliphatic rings. The lowest BCUT2D eigenvalue weighted by atomic mass is 10.1. The molecule has 7 heteroatoms. The van der Waals surface area contributed by atoms with Crippen LogP contribution in [0.4, 0.5) is 0 Å². The van der Waals surface area contributed by atoms with Crippen LogP contribution in [0.3, 0.4) is 0 Å². The molecule has 0 fully saturated rings. The number of hydrogen-bond donors (Lipinski definition) is 2. The van der Waals surface area contributed by atoms with Crippen molar-refractivity contribution in [2.75, 3.05) is 20.3 Å². The van der Waals surface area contributed by atoms with E-state index < -0.39 is 12.1 Å². The average molecular weight is 258 g/mol. The summed E-state index contributed by atoms with van der Waals surface area (Å²) in [5.41, 5.74) is 0.955. The van der Waals surface area contributed by atoms with Gasteiger partial charge in [-0.3, -0.25) is 0 Å². The van der Waals surface area contributed by atoms with Gasteiger partial charge in [0.25, 0.3) is 0 Å². The number of rotatable bonds is 7. The van der Waals surface area contributed by atoms with Gasteiger partial charge in [0.1, 0.15) is 0 Å². The predicted octanol–water partition coefficient (Wildman–Crippen LogP) is 0.262. The number of hydrogen-bond acceptors (Lipinski definition) is 5. The summed E-state index contributed by atoms with van der Waals surface area (Å²) in [7, 11) is 3.12. The van der Waals surface area contributed by atoms with Crippen molar-refractivity contribution in [1.82, 2.24) is 9.78 Å². The molecule has 1 atom stereocenters. The van der Waals surface area contributed by atoms with E-state index in [1.165, 1.54) is 11.8 Å². The Bertz CT molecular complexity index is 416. The fourth-order valence-corrected chi connectivity index (χ4v) is 1.74. The summed E-state index contributed by atoms with van der Waals surface area (Å²) < 4.78 is 11.9. The van der Waals surface area contributed by atoms with Crippen molar-refractivity contribution in [2.45, 2.75) is 19.4 Å². The van der Waals surface area contributed by atoms with E-state index >= 15 is 0 Å². The monoisotopic (exact) mass is 258 g/mol. The fraction of sp³-hybridized carbons (Fsp3) is 0.636. The molecule has 1 aromatic rings. The third kappa shape index (κ3) is 2.99. The van der Waals surface area contributed by atoms with Crippen LogP contribution in [0.25, 0.3) is 0 Å². The molecule has 0 saturated heterocycles. The van der Waals surface area contributed by atoms with Gasteiger partial charge in [0.15, 0.2) is 6.10 Å². The van der Waals surface area contributed by atoms with Crippen molar-refractivity contribution >= 4 is 5.97 Å². The second-order valence-corrected chi connectivity index (χ2v) is 3.80. The van der Waals surface area contributed by atoms with Gasteiger partial charge < -0.3 is 19.7 Å². The lowest BCUT2D eigenvalue weighted by molar-refractivity contribution is -0.151. The van der Waals surface area contributed by atoms with Crippen molar-refractivity contribution in [3.8, 4) is 5.88 Å². The standard InChI is InChI=1S/C11H18N2O5/c1-7-8(10(17-3)13(2)12-7)9(11(15)16)18-6-4-5-14/h9,14H,4-6H2,1-3H3,(H,15,16). The highest BCUT2D eigenvalue weighted by atomic mass is 16.5. The number of aromatic nitrogens is 2. The minimum absolute atomic E-state index is 0.0461. The van der Waals surface area contributed by atoms with Crippen LogP contribution in [0.15, 0.2) is 0 Å². The summed E-state index contributed by atoms with van der Waals surface area (Å²) in [6.45, 7) is 1.81. The number of aryl methyl sites for hydroxylation is 2. The molecule has 1 heterocycles. The maximum atomic E-state index is 11.2. The highest BCUT2D eigenvalue weighted by molar-refractivity contribution is 5.75. The van der Waals surface area contributed by atoms with Crippen LogP contribution in [-0.4, -0.2) is 46.3 Å². The van der Waals surface area contributed by atoms with Crippen molar-refractivity contribution in [1.29, 1.82) is 0 Å². The van der Waals surface area contributed by atoms with E-state index in [4.69, 9.17) is 14.6 Å². The molecule has 0 spiro atoms. The van der Waals surface area contributed by atoms with Gasteiger partial charge >= 0.3 is 5.97 Å². The molecule has 1 rings (SSSR count). The Morgan fingerprint density at radius 2 is 2.22 bits per heavy atom. The Hall–Kier alpha value is -1.60.